The molecule has 0 amide bonds. The summed E-state index contributed by atoms with van der Waals surface area (Å²) in [5.74, 6) is 4.04. The molecule has 5 heterocycles. The Bertz CT molecular complexity index is 3270. The summed E-state index contributed by atoms with van der Waals surface area (Å²) < 4.78 is 26.3. The normalized spacial score (nSPS) is 16.4. The van der Waals surface area contributed by atoms with Gasteiger partial charge in [0.25, 0.3) is 0 Å². The van der Waals surface area contributed by atoms with Crippen LogP contribution in [0, 0.1) is 11.8 Å². The number of hydrogen-bond donors (Lipinski definition) is 0. The fourth-order valence-electron chi connectivity index (χ4n) is 10.6. The van der Waals surface area contributed by atoms with Crippen molar-refractivity contribution in [1.82, 2.24) is 0 Å². The van der Waals surface area contributed by atoms with E-state index >= 15 is 0 Å². The number of aliphatic imine (C=N–C) groups is 2. The molecule has 5 aliphatic heterocycles. The third-order valence-electron chi connectivity index (χ3n) is 17.2. The van der Waals surface area contributed by atoms with E-state index in [0.29, 0.717) is 25.0 Å². The molecule has 0 atom stereocenters. The van der Waals surface area contributed by atoms with E-state index < -0.39 is 16.6 Å². The average Bonchev–Trinajstić information content (AvgIpc) is 4.04. The number of para-hydroxylation sites is 2. The first-order chi connectivity index (χ1) is 37.3. The molecule has 0 spiro atoms. The quantitative estimate of drug-likeness (QED) is 0.156. The Morgan fingerprint density at radius 3 is 1.03 bits per heavy atom. The Morgan fingerprint density at radius 1 is 0.397 bits per heavy atom. The highest BCUT2D eigenvalue weighted by Crippen LogP contribution is 2.45. The van der Waals surface area contributed by atoms with Crippen molar-refractivity contribution >= 4 is 40.4 Å². The van der Waals surface area contributed by atoms with Gasteiger partial charge in [-0.05, 0) is 172 Å². The van der Waals surface area contributed by atoms with Crippen molar-refractivity contribution in [3.63, 3.8) is 0 Å². The second-order valence-corrected chi connectivity index (χ2v) is 34.4. The molecule has 8 heteroatoms. The van der Waals surface area contributed by atoms with E-state index in [0.717, 1.165) is 116 Å². The first-order valence-electron chi connectivity index (χ1n) is 27.9. The molecule has 15 rings (SSSR count). The van der Waals surface area contributed by atoms with E-state index in [9.17, 15) is 0 Å². The molecule has 0 N–H and O–H groups in total. The van der Waals surface area contributed by atoms with E-state index in [1.165, 1.54) is 22.3 Å². The molecule has 6 nitrogen and oxygen atoms in total. The summed E-state index contributed by atoms with van der Waals surface area (Å²) in [4.78, 5) is 10.9. The second kappa shape index (κ2) is 21.2. The van der Waals surface area contributed by atoms with Gasteiger partial charge in [0.2, 0.25) is 16.6 Å². The molecule has 0 unspecified atom stereocenters. The Kier molecular flexibility index (Phi) is 14.3. The standard InChI is InChI=1S/C70H74N2O4Si2/c1-69(2,3)77(7,8)75-61-32-24-53(25-33-61)65-18-12-16-63-51-20-28-59(29-21-51)73-45-47-14-11-15-48(36-47)46-74-60-30-22-52(23-31-60)64-17-13-19-66(54-26-34-62(35-27-54)76-78(9,10)70(4,5)6)68(64)72-44-50-39-57-41-55-37-49(43-71-67(63)65)38-56(55)42-58(57)40-50/h11-36,41-44,49-50H,37-40,45-46H2,1-10H3. The van der Waals surface area contributed by atoms with E-state index in [1.807, 2.05) is 0 Å². The van der Waals surface area contributed by atoms with Crippen molar-refractivity contribution in [2.24, 2.45) is 21.8 Å². The van der Waals surface area contributed by atoms with Crippen LogP contribution < -0.4 is 18.3 Å². The van der Waals surface area contributed by atoms with Crippen molar-refractivity contribution in [2.45, 2.75) is 117 Å². The molecular formula is C70H74N2O4Si2. The summed E-state index contributed by atoms with van der Waals surface area (Å²) >= 11 is 0. The molecule has 8 aromatic rings. The van der Waals surface area contributed by atoms with Crippen LogP contribution in [0.1, 0.15) is 74.9 Å². The highest BCUT2D eigenvalue weighted by atomic mass is 28.4. The maximum atomic E-state index is 6.71. The van der Waals surface area contributed by atoms with Gasteiger partial charge in [0.05, 0.1) is 11.4 Å². The van der Waals surface area contributed by atoms with Crippen LogP contribution in [-0.4, -0.2) is 29.1 Å². The van der Waals surface area contributed by atoms with Crippen molar-refractivity contribution in [1.29, 1.82) is 0 Å². The molecule has 396 valence electrons. The zero-order valence-corrected chi connectivity index (χ0v) is 49.2. The van der Waals surface area contributed by atoms with Crippen molar-refractivity contribution in [3.8, 4) is 67.5 Å². The van der Waals surface area contributed by atoms with Crippen LogP contribution in [0.3, 0.4) is 0 Å². The van der Waals surface area contributed by atoms with Crippen LogP contribution in [0.5, 0.6) is 23.0 Å². The highest BCUT2D eigenvalue weighted by Gasteiger charge is 2.40. The van der Waals surface area contributed by atoms with Gasteiger partial charge in [0.15, 0.2) is 0 Å². The minimum Gasteiger partial charge on any atom is -0.544 e. The van der Waals surface area contributed by atoms with Gasteiger partial charge in [-0.1, -0.05) is 157 Å². The van der Waals surface area contributed by atoms with E-state index in [1.54, 1.807) is 0 Å². The van der Waals surface area contributed by atoms with E-state index in [-0.39, 0.29) is 10.1 Å². The molecule has 0 saturated carbocycles. The molecule has 0 fully saturated rings. The lowest BCUT2D eigenvalue weighted by molar-refractivity contribution is 0.300. The van der Waals surface area contributed by atoms with Gasteiger partial charge in [-0.3, -0.25) is 9.98 Å². The number of nitrogens with zero attached hydrogens (tertiary/aromatic N) is 2. The van der Waals surface area contributed by atoms with E-state index in [2.05, 4.69) is 250 Å². The lowest BCUT2D eigenvalue weighted by Gasteiger charge is -2.36. The fourth-order valence-corrected chi connectivity index (χ4v) is 12.7. The third kappa shape index (κ3) is 11.3. The SMILES string of the molecule is CC(C)(C)[Si](C)(C)Oc1ccc(-c2cccc3c2N=CC2Cc4cc5c(cc4C2)CC(C=Nc2c(cccc2-c2ccc(O[Si](C)(C)C(C)(C)C)cc2)-c2ccc(cc2)OCc2cccc(c2)COc2ccc-3cc2)C5)cc1. The Balaban J connectivity index is 0.927. The van der Waals surface area contributed by atoms with Gasteiger partial charge >= 0.3 is 0 Å². The van der Waals surface area contributed by atoms with Crippen LogP contribution in [0.2, 0.25) is 36.3 Å². The predicted octanol–water partition coefficient (Wildman–Crippen LogP) is 18.8. The lowest BCUT2D eigenvalue weighted by Crippen LogP contribution is -2.43. The summed E-state index contributed by atoms with van der Waals surface area (Å²) in [6.45, 7) is 23.8. The minimum absolute atomic E-state index is 0.105. The summed E-state index contributed by atoms with van der Waals surface area (Å²) in [6, 6.07) is 60.8. The largest absolute Gasteiger partial charge is 0.544 e. The number of ether oxygens (including phenoxy) is 2. The number of rotatable bonds is 6. The maximum Gasteiger partial charge on any atom is 0.250 e. The van der Waals surface area contributed by atoms with E-state index in [4.69, 9.17) is 28.3 Å². The molecular weight excluding hydrogens is 989 g/mol. The van der Waals surface area contributed by atoms with Crippen LogP contribution in [0.4, 0.5) is 11.4 Å². The molecule has 8 aromatic carbocycles. The molecule has 12 bridgehead atoms. The third-order valence-corrected chi connectivity index (χ3v) is 25.9. The smallest absolute Gasteiger partial charge is 0.250 e. The molecule has 0 aromatic heterocycles. The van der Waals surface area contributed by atoms with Gasteiger partial charge in [-0.15, -0.1) is 0 Å². The molecule has 7 aliphatic rings. The van der Waals surface area contributed by atoms with Gasteiger partial charge in [0, 0.05) is 46.5 Å². The first kappa shape index (κ1) is 52.8. The number of hydrogen-bond acceptors (Lipinski definition) is 6. The summed E-state index contributed by atoms with van der Waals surface area (Å²) in [7, 11) is -4.01. The average molecular weight is 1060 g/mol. The zero-order chi connectivity index (χ0) is 54.4. The predicted molar refractivity (Wildman–Crippen MR) is 330 cm³/mol. The second-order valence-electron chi connectivity index (χ2n) is 24.9. The summed E-state index contributed by atoms with van der Waals surface area (Å²) in [5, 5.41) is 0.210. The van der Waals surface area contributed by atoms with Crippen LogP contribution in [0.25, 0.3) is 44.5 Å². The molecule has 0 saturated heterocycles. The Hall–Kier alpha value is -7.27. The topological polar surface area (TPSA) is 61.6 Å². The molecule has 78 heavy (non-hydrogen) atoms. The number of fused-ring (bicyclic) bond motifs is 1. The number of benzene rings is 8. The van der Waals surface area contributed by atoms with Crippen LogP contribution >= 0.6 is 0 Å². The minimum atomic E-state index is -2.00. The first-order valence-corrected chi connectivity index (χ1v) is 33.8. The van der Waals surface area contributed by atoms with Gasteiger partial charge in [-0.25, -0.2) is 0 Å². The lowest BCUT2D eigenvalue weighted by atomic mass is 9.95. The van der Waals surface area contributed by atoms with Gasteiger partial charge in [-0.2, -0.15) is 0 Å². The van der Waals surface area contributed by atoms with Crippen LogP contribution in [0.15, 0.2) is 180 Å². The zero-order valence-electron chi connectivity index (χ0n) is 47.2. The summed E-state index contributed by atoms with van der Waals surface area (Å²) in [5.41, 5.74) is 18.6. The van der Waals surface area contributed by atoms with Gasteiger partial charge < -0.3 is 18.3 Å². The molecule has 2 aliphatic carbocycles. The highest BCUT2D eigenvalue weighted by molar-refractivity contribution is 6.75. The fraction of sp³-hybridized carbons (Fsp3) is 0.286. The van der Waals surface area contributed by atoms with Gasteiger partial charge in [0.1, 0.15) is 36.2 Å². The summed E-state index contributed by atoms with van der Waals surface area (Å²) in [6.07, 6.45) is 8.33. The Morgan fingerprint density at radius 2 is 0.705 bits per heavy atom. The maximum absolute atomic E-state index is 6.71. The van der Waals surface area contributed by atoms with Crippen molar-refractivity contribution < 1.29 is 18.3 Å². The molecule has 0 radical (unpaired) electrons. The van der Waals surface area contributed by atoms with Crippen LogP contribution in [-0.2, 0) is 38.9 Å². The Labute approximate surface area is 465 Å². The van der Waals surface area contributed by atoms with Crippen molar-refractivity contribution in [2.75, 3.05) is 0 Å². The monoisotopic (exact) mass is 1060 g/mol. The van der Waals surface area contributed by atoms with Crippen molar-refractivity contribution in [3.05, 3.63) is 203 Å².